The van der Waals surface area contributed by atoms with Gasteiger partial charge in [-0.05, 0) is 51.5 Å². The second-order valence-electron chi connectivity index (χ2n) is 8.18. The summed E-state index contributed by atoms with van der Waals surface area (Å²) in [7, 11) is 0. The predicted molar refractivity (Wildman–Crippen MR) is 123 cm³/mol. The highest BCUT2D eigenvalue weighted by Gasteiger charge is 2.31. The Hall–Kier alpha value is -3.26. The minimum atomic E-state index is -0.0244. The zero-order valence-corrected chi connectivity index (χ0v) is 18.6. The van der Waals surface area contributed by atoms with Crippen molar-refractivity contribution in [3.63, 3.8) is 0 Å². The Morgan fingerprint density at radius 3 is 2.90 bits per heavy atom. The number of anilines is 2. The maximum absolute atomic E-state index is 13.2. The maximum Gasteiger partial charge on any atom is 0.275 e. The quantitative estimate of drug-likeness (QED) is 0.488. The van der Waals surface area contributed by atoms with Crippen molar-refractivity contribution in [1.29, 1.82) is 0 Å². The lowest BCUT2D eigenvalue weighted by molar-refractivity contribution is 0.0786. The Labute approximate surface area is 184 Å². The Bertz CT molecular complexity index is 1280. The average molecular weight is 433 g/mol. The lowest BCUT2D eigenvalue weighted by atomic mass is 10.0. The first kappa shape index (κ1) is 19.7. The molecule has 0 bridgehead atoms. The molecule has 0 aliphatic carbocycles. The standard InChI is InChI=1S/C23H24N6OS/c1-13-4-5-19-18(8-13)21(28-27-19)22(30)29-7-6-16(12-29)20-10-17(9-14(2)25-20)26-23-24-11-15(3)31-23/h4-5,8-11,16H,6-7,12H2,1-3H3,(H,27,28)(H,24,25,26)/t16-/m1/s1. The van der Waals surface area contributed by atoms with Crippen LogP contribution in [0.5, 0.6) is 0 Å². The van der Waals surface area contributed by atoms with Gasteiger partial charge in [-0.15, -0.1) is 11.3 Å². The van der Waals surface area contributed by atoms with E-state index in [1.54, 1.807) is 11.3 Å². The number of thiazole rings is 1. The Balaban J connectivity index is 1.35. The molecule has 2 N–H and O–H groups in total. The van der Waals surface area contributed by atoms with Crippen molar-refractivity contribution >= 4 is 39.0 Å². The van der Waals surface area contributed by atoms with Crippen LogP contribution in [-0.2, 0) is 0 Å². The number of likely N-dealkylation sites (tertiary alicyclic amines) is 1. The lowest BCUT2D eigenvalue weighted by Gasteiger charge is -2.16. The molecule has 0 spiro atoms. The number of nitrogens with zero attached hydrogens (tertiary/aromatic N) is 4. The van der Waals surface area contributed by atoms with Gasteiger partial charge in [0.15, 0.2) is 10.8 Å². The molecule has 5 rings (SSSR count). The third kappa shape index (κ3) is 3.90. The highest BCUT2D eigenvalue weighted by atomic mass is 32.1. The SMILES string of the molecule is Cc1ccc2[nH]nc(C(=O)N3CC[C@@H](c4cc(Nc5ncc(C)s5)cc(C)n4)C3)c2c1. The molecule has 1 saturated heterocycles. The number of carbonyl (C=O) groups excluding carboxylic acids is 1. The Kier molecular flexibility index (Phi) is 4.94. The van der Waals surface area contributed by atoms with Crippen molar-refractivity contribution in [2.45, 2.75) is 33.1 Å². The summed E-state index contributed by atoms with van der Waals surface area (Å²) < 4.78 is 0. The molecule has 1 fully saturated rings. The summed E-state index contributed by atoms with van der Waals surface area (Å²) in [6.45, 7) is 7.41. The number of carbonyl (C=O) groups is 1. The summed E-state index contributed by atoms with van der Waals surface area (Å²) in [5.74, 6) is 0.179. The number of pyridine rings is 1. The van der Waals surface area contributed by atoms with Gasteiger partial charge >= 0.3 is 0 Å². The van der Waals surface area contributed by atoms with Crippen molar-refractivity contribution in [3.8, 4) is 0 Å². The number of aromatic amines is 1. The highest BCUT2D eigenvalue weighted by Crippen LogP contribution is 2.31. The molecule has 8 heteroatoms. The van der Waals surface area contributed by atoms with Crippen LogP contribution in [0.2, 0.25) is 0 Å². The molecule has 0 saturated carbocycles. The molecular weight excluding hydrogens is 408 g/mol. The first-order valence-corrected chi connectivity index (χ1v) is 11.2. The third-order valence-corrected chi connectivity index (χ3v) is 6.49. The van der Waals surface area contributed by atoms with Gasteiger partial charge in [-0.25, -0.2) is 4.98 Å². The molecule has 1 atom stereocenters. The van der Waals surface area contributed by atoms with Gasteiger partial charge in [-0.1, -0.05) is 11.6 Å². The average Bonchev–Trinajstić information content (AvgIpc) is 3.46. The molecule has 4 heterocycles. The van der Waals surface area contributed by atoms with Crippen LogP contribution in [0, 0.1) is 20.8 Å². The molecular formula is C23H24N6OS. The topological polar surface area (TPSA) is 86.8 Å². The number of rotatable bonds is 4. The van der Waals surface area contributed by atoms with Gasteiger partial charge in [0.1, 0.15) is 0 Å². The van der Waals surface area contributed by atoms with Gasteiger partial charge in [-0.2, -0.15) is 5.10 Å². The Morgan fingerprint density at radius 1 is 1.23 bits per heavy atom. The van der Waals surface area contributed by atoms with Crippen LogP contribution in [-0.4, -0.2) is 44.1 Å². The largest absolute Gasteiger partial charge is 0.337 e. The highest BCUT2D eigenvalue weighted by molar-refractivity contribution is 7.15. The predicted octanol–water partition coefficient (Wildman–Crippen LogP) is 4.71. The van der Waals surface area contributed by atoms with E-state index in [0.717, 1.165) is 45.1 Å². The zero-order valence-electron chi connectivity index (χ0n) is 17.8. The number of H-pyrrole nitrogens is 1. The summed E-state index contributed by atoms with van der Waals surface area (Å²) in [6.07, 6.45) is 2.75. The number of fused-ring (bicyclic) bond motifs is 1. The van der Waals surface area contributed by atoms with E-state index in [9.17, 15) is 4.79 Å². The van der Waals surface area contributed by atoms with Crippen molar-refractivity contribution < 1.29 is 4.79 Å². The fourth-order valence-electron chi connectivity index (χ4n) is 4.14. The van der Waals surface area contributed by atoms with Gasteiger partial charge in [0, 0.05) is 52.5 Å². The van der Waals surface area contributed by atoms with E-state index in [0.29, 0.717) is 18.8 Å². The van der Waals surface area contributed by atoms with Crippen molar-refractivity contribution in [1.82, 2.24) is 25.1 Å². The lowest BCUT2D eigenvalue weighted by Crippen LogP contribution is -2.29. The zero-order chi connectivity index (χ0) is 21.5. The molecule has 4 aromatic rings. The molecule has 1 aromatic carbocycles. The molecule has 1 aliphatic heterocycles. The smallest absolute Gasteiger partial charge is 0.275 e. The first-order valence-electron chi connectivity index (χ1n) is 10.4. The van der Waals surface area contributed by atoms with Gasteiger partial charge < -0.3 is 10.2 Å². The second-order valence-corrected chi connectivity index (χ2v) is 9.42. The van der Waals surface area contributed by atoms with Gasteiger partial charge in [0.2, 0.25) is 0 Å². The number of nitrogens with one attached hydrogen (secondary N) is 2. The fraction of sp³-hybridized carbons (Fsp3) is 0.304. The normalized spacial score (nSPS) is 16.2. The fourth-order valence-corrected chi connectivity index (χ4v) is 4.82. The third-order valence-electron chi connectivity index (χ3n) is 5.66. The summed E-state index contributed by atoms with van der Waals surface area (Å²) in [6, 6.07) is 10.1. The van der Waals surface area contributed by atoms with Gasteiger partial charge in [0.05, 0.1) is 5.52 Å². The summed E-state index contributed by atoms with van der Waals surface area (Å²) >= 11 is 1.63. The van der Waals surface area contributed by atoms with Crippen molar-refractivity contribution in [3.05, 3.63) is 64.1 Å². The van der Waals surface area contributed by atoms with E-state index in [1.807, 2.05) is 56.1 Å². The second kappa shape index (κ2) is 7.77. The minimum Gasteiger partial charge on any atom is -0.337 e. The van der Waals surface area contributed by atoms with E-state index < -0.39 is 0 Å². The molecule has 1 amide bonds. The van der Waals surface area contributed by atoms with Gasteiger partial charge in [-0.3, -0.25) is 14.9 Å². The van der Waals surface area contributed by atoms with Crippen LogP contribution in [0.4, 0.5) is 10.8 Å². The van der Waals surface area contributed by atoms with Crippen LogP contribution in [0.1, 0.15) is 44.7 Å². The summed E-state index contributed by atoms with van der Waals surface area (Å²) in [5, 5.41) is 12.4. The summed E-state index contributed by atoms with van der Waals surface area (Å²) in [4.78, 5) is 25.4. The van der Waals surface area contributed by atoms with Crippen LogP contribution >= 0.6 is 11.3 Å². The van der Waals surface area contributed by atoms with Crippen molar-refractivity contribution in [2.24, 2.45) is 0 Å². The maximum atomic E-state index is 13.2. The van der Waals surface area contributed by atoms with E-state index in [2.05, 4.69) is 26.6 Å². The van der Waals surface area contributed by atoms with E-state index in [1.165, 1.54) is 4.88 Å². The number of aryl methyl sites for hydroxylation is 3. The van der Waals surface area contributed by atoms with Crippen LogP contribution in [0.3, 0.4) is 0 Å². The van der Waals surface area contributed by atoms with Crippen LogP contribution < -0.4 is 5.32 Å². The van der Waals surface area contributed by atoms with E-state index in [-0.39, 0.29) is 11.8 Å². The summed E-state index contributed by atoms with van der Waals surface area (Å²) in [5.41, 5.74) is 5.44. The molecule has 1 aliphatic rings. The number of amides is 1. The molecule has 158 valence electrons. The number of hydrogen-bond acceptors (Lipinski definition) is 6. The molecule has 31 heavy (non-hydrogen) atoms. The van der Waals surface area contributed by atoms with Crippen molar-refractivity contribution in [2.75, 3.05) is 18.4 Å². The number of hydrogen-bond donors (Lipinski definition) is 2. The number of aromatic nitrogens is 4. The van der Waals surface area contributed by atoms with Crippen LogP contribution in [0.25, 0.3) is 10.9 Å². The monoisotopic (exact) mass is 432 g/mol. The van der Waals surface area contributed by atoms with E-state index in [4.69, 9.17) is 4.98 Å². The van der Waals surface area contributed by atoms with Gasteiger partial charge in [0.25, 0.3) is 5.91 Å². The Morgan fingerprint density at radius 2 is 2.10 bits per heavy atom. The van der Waals surface area contributed by atoms with Crippen LogP contribution in [0.15, 0.2) is 36.5 Å². The molecule has 3 aromatic heterocycles. The molecule has 7 nitrogen and oxygen atoms in total. The number of benzene rings is 1. The van der Waals surface area contributed by atoms with E-state index >= 15 is 0 Å². The first-order chi connectivity index (χ1) is 15.0. The molecule has 0 radical (unpaired) electrons. The molecule has 0 unspecified atom stereocenters. The minimum absolute atomic E-state index is 0.0244.